The lowest BCUT2D eigenvalue weighted by Crippen LogP contribution is -2.29. The van der Waals surface area contributed by atoms with Crippen LogP contribution in [0.5, 0.6) is 0 Å². The third-order valence-electron chi connectivity index (χ3n) is 3.68. The molecule has 1 aromatic rings. The number of nitrogens with one attached hydrogen (secondary N) is 1. The Balaban J connectivity index is 2.43. The van der Waals surface area contributed by atoms with Crippen molar-refractivity contribution < 1.29 is 0 Å². The highest BCUT2D eigenvalue weighted by Crippen LogP contribution is 2.31. The lowest BCUT2D eigenvalue weighted by molar-refractivity contribution is 0.625. The van der Waals surface area contributed by atoms with E-state index in [4.69, 9.17) is 5.84 Å². The van der Waals surface area contributed by atoms with Crippen molar-refractivity contribution in [1.82, 2.24) is 9.97 Å². The zero-order valence-electron chi connectivity index (χ0n) is 11.7. The van der Waals surface area contributed by atoms with Crippen molar-refractivity contribution in [3.05, 3.63) is 11.4 Å². The van der Waals surface area contributed by atoms with Gasteiger partial charge in [0.2, 0.25) is 0 Å². The average Bonchev–Trinajstić information content (AvgIpc) is 2.68. The van der Waals surface area contributed by atoms with Crippen LogP contribution in [0.15, 0.2) is 0 Å². The Morgan fingerprint density at radius 2 is 2.11 bits per heavy atom. The molecule has 5 nitrogen and oxygen atoms in total. The fourth-order valence-electron chi connectivity index (χ4n) is 2.72. The molecule has 0 radical (unpaired) electrons. The monoisotopic (exact) mass is 249 g/mol. The molecule has 0 aromatic carbocycles. The number of nitrogens with zero attached hydrogens (tertiary/aromatic N) is 3. The largest absolute Gasteiger partial charge is 0.353 e. The van der Waals surface area contributed by atoms with Crippen LogP contribution >= 0.6 is 0 Å². The van der Waals surface area contributed by atoms with Gasteiger partial charge >= 0.3 is 0 Å². The lowest BCUT2D eigenvalue weighted by atomic mass is 10.1. The van der Waals surface area contributed by atoms with Crippen molar-refractivity contribution in [2.75, 3.05) is 16.9 Å². The highest BCUT2D eigenvalue weighted by atomic mass is 15.3. The maximum absolute atomic E-state index is 5.54. The summed E-state index contributed by atoms with van der Waals surface area (Å²) in [7, 11) is 0. The van der Waals surface area contributed by atoms with E-state index >= 15 is 0 Å². The van der Waals surface area contributed by atoms with E-state index in [9.17, 15) is 0 Å². The number of hydrogen-bond acceptors (Lipinski definition) is 5. The molecule has 2 unspecified atom stereocenters. The van der Waals surface area contributed by atoms with Crippen LogP contribution in [0.2, 0.25) is 0 Å². The minimum Gasteiger partial charge on any atom is -0.353 e. The third-order valence-corrected chi connectivity index (χ3v) is 3.68. The van der Waals surface area contributed by atoms with Crippen LogP contribution in [-0.2, 0) is 6.42 Å². The van der Waals surface area contributed by atoms with Gasteiger partial charge in [-0.05, 0) is 26.2 Å². The summed E-state index contributed by atoms with van der Waals surface area (Å²) in [5.41, 5.74) is 3.72. The van der Waals surface area contributed by atoms with Crippen molar-refractivity contribution in [3.63, 3.8) is 0 Å². The number of aryl methyl sites for hydroxylation is 1. The van der Waals surface area contributed by atoms with Gasteiger partial charge in [-0.3, -0.25) is 0 Å². The van der Waals surface area contributed by atoms with Gasteiger partial charge in [0.1, 0.15) is 17.5 Å². The summed E-state index contributed by atoms with van der Waals surface area (Å²) in [4.78, 5) is 11.5. The first kappa shape index (κ1) is 13.1. The van der Waals surface area contributed by atoms with Gasteiger partial charge in [0.15, 0.2) is 0 Å². The predicted octanol–water partition coefficient (Wildman–Crippen LogP) is 1.87. The highest BCUT2D eigenvalue weighted by molar-refractivity contribution is 5.59. The maximum Gasteiger partial charge on any atom is 0.148 e. The Hall–Kier alpha value is -1.36. The molecular weight excluding hydrogens is 226 g/mol. The summed E-state index contributed by atoms with van der Waals surface area (Å²) < 4.78 is 0. The van der Waals surface area contributed by atoms with Crippen LogP contribution in [0.25, 0.3) is 0 Å². The maximum atomic E-state index is 5.54. The molecule has 100 valence electrons. The zero-order chi connectivity index (χ0) is 13.3. The molecule has 2 atom stereocenters. The standard InChI is InChI=1S/C13H23N5/c1-5-11-15-12(17-14)10(4)13(16-11)18-7-8(2)6-9(18)3/h8-9H,5-7,14H2,1-4H3,(H,15,16,17). The normalized spacial score (nSPS) is 23.5. The molecule has 2 rings (SSSR count). The second-order valence-corrected chi connectivity index (χ2v) is 5.28. The van der Waals surface area contributed by atoms with Crippen LogP contribution in [0.3, 0.4) is 0 Å². The van der Waals surface area contributed by atoms with E-state index in [2.05, 4.69) is 41.1 Å². The first-order valence-electron chi connectivity index (χ1n) is 6.67. The SMILES string of the molecule is CCc1nc(NN)c(C)c(N2CC(C)CC2C)n1. The van der Waals surface area contributed by atoms with Gasteiger partial charge in [-0.15, -0.1) is 0 Å². The van der Waals surface area contributed by atoms with Gasteiger partial charge < -0.3 is 10.3 Å². The number of hydrazine groups is 1. The van der Waals surface area contributed by atoms with E-state index in [1.807, 2.05) is 6.92 Å². The van der Waals surface area contributed by atoms with Crippen LogP contribution in [0.1, 0.15) is 38.6 Å². The molecule has 1 aliphatic heterocycles. The molecule has 0 amide bonds. The summed E-state index contributed by atoms with van der Waals surface area (Å²) >= 11 is 0. The van der Waals surface area contributed by atoms with Crippen LogP contribution in [0, 0.1) is 12.8 Å². The molecule has 0 spiro atoms. The minimum absolute atomic E-state index is 0.531. The molecule has 5 heteroatoms. The Morgan fingerprint density at radius 3 is 2.61 bits per heavy atom. The molecule has 0 bridgehead atoms. The topological polar surface area (TPSA) is 67.1 Å². The van der Waals surface area contributed by atoms with Crippen LogP contribution in [0.4, 0.5) is 11.6 Å². The molecule has 0 saturated carbocycles. The Labute approximate surface area is 109 Å². The number of rotatable bonds is 3. The van der Waals surface area contributed by atoms with Crippen LogP contribution in [-0.4, -0.2) is 22.6 Å². The number of aromatic nitrogens is 2. The molecule has 2 heterocycles. The minimum atomic E-state index is 0.531. The van der Waals surface area contributed by atoms with Gasteiger partial charge in [0, 0.05) is 24.6 Å². The van der Waals surface area contributed by atoms with E-state index in [-0.39, 0.29) is 0 Å². The van der Waals surface area contributed by atoms with Gasteiger partial charge in [0.25, 0.3) is 0 Å². The predicted molar refractivity (Wildman–Crippen MR) is 74.5 cm³/mol. The molecule has 1 saturated heterocycles. The van der Waals surface area contributed by atoms with Crippen molar-refractivity contribution >= 4 is 11.6 Å². The van der Waals surface area contributed by atoms with E-state index < -0.39 is 0 Å². The van der Waals surface area contributed by atoms with Crippen molar-refractivity contribution in [3.8, 4) is 0 Å². The Bertz CT molecular complexity index is 432. The molecule has 3 N–H and O–H groups in total. The molecule has 18 heavy (non-hydrogen) atoms. The van der Waals surface area contributed by atoms with Gasteiger partial charge in [-0.2, -0.15) is 0 Å². The molecule has 1 fully saturated rings. The average molecular weight is 249 g/mol. The second kappa shape index (κ2) is 5.10. The first-order valence-corrected chi connectivity index (χ1v) is 6.67. The lowest BCUT2D eigenvalue weighted by Gasteiger charge is -2.25. The fraction of sp³-hybridized carbons (Fsp3) is 0.692. The van der Waals surface area contributed by atoms with Gasteiger partial charge in [0.05, 0.1) is 0 Å². The Kier molecular flexibility index (Phi) is 3.71. The van der Waals surface area contributed by atoms with Crippen molar-refractivity contribution in [2.45, 2.75) is 46.6 Å². The summed E-state index contributed by atoms with van der Waals surface area (Å²) in [5.74, 6) is 8.88. The fourth-order valence-corrected chi connectivity index (χ4v) is 2.72. The number of anilines is 2. The number of nitrogen functional groups attached to an aromatic ring is 1. The summed E-state index contributed by atoms with van der Waals surface area (Å²) in [6.07, 6.45) is 2.04. The van der Waals surface area contributed by atoms with Crippen molar-refractivity contribution in [2.24, 2.45) is 11.8 Å². The van der Waals surface area contributed by atoms with Crippen molar-refractivity contribution in [1.29, 1.82) is 0 Å². The molecular formula is C13H23N5. The van der Waals surface area contributed by atoms with Gasteiger partial charge in [-0.25, -0.2) is 15.8 Å². The zero-order valence-corrected chi connectivity index (χ0v) is 11.7. The summed E-state index contributed by atoms with van der Waals surface area (Å²) in [5, 5.41) is 0. The molecule has 0 aliphatic carbocycles. The van der Waals surface area contributed by atoms with E-state index in [0.717, 1.165) is 36.0 Å². The smallest absolute Gasteiger partial charge is 0.148 e. The number of nitrogens with two attached hydrogens (primary N) is 1. The first-order chi connectivity index (χ1) is 8.56. The van der Waals surface area contributed by atoms with Gasteiger partial charge in [-0.1, -0.05) is 13.8 Å². The molecule has 1 aromatic heterocycles. The third kappa shape index (κ3) is 2.27. The van der Waals surface area contributed by atoms with E-state index in [1.165, 1.54) is 6.42 Å². The summed E-state index contributed by atoms with van der Waals surface area (Å²) in [6.45, 7) is 9.69. The van der Waals surface area contributed by atoms with E-state index in [1.54, 1.807) is 0 Å². The van der Waals surface area contributed by atoms with Crippen LogP contribution < -0.4 is 16.2 Å². The quantitative estimate of drug-likeness (QED) is 0.632. The number of hydrogen-bond donors (Lipinski definition) is 2. The highest BCUT2D eigenvalue weighted by Gasteiger charge is 2.29. The molecule has 1 aliphatic rings. The van der Waals surface area contributed by atoms with E-state index in [0.29, 0.717) is 12.0 Å². The Morgan fingerprint density at radius 1 is 1.39 bits per heavy atom. The second-order valence-electron chi connectivity index (χ2n) is 5.28. The summed E-state index contributed by atoms with van der Waals surface area (Å²) in [6, 6.07) is 0.531.